The van der Waals surface area contributed by atoms with Gasteiger partial charge >= 0.3 is 0 Å². The number of hydrogen-bond acceptors (Lipinski definition) is 8. The Balaban J connectivity index is 1.51. The van der Waals surface area contributed by atoms with Gasteiger partial charge < -0.3 is 9.05 Å². The minimum absolute atomic E-state index is 0.199. The normalized spacial score (nSPS) is 23.1. The Morgan fingerprint density at radius 3 is 2.80 bits per heavy atom. The number of aryl methyl sites for hydroxylation is 1. The molecule has 35 heavy (non-hydrogen) atoms. The smallest absolute Gasteiger partial charge is 0.276 e. The molecule has 0 saturated heterocycles. The van der Waals surface area contributed by atoms with E-state index in [9.17, 15) is 0 Å². The molecule has 8 heteroatoms. The van der Waals surface area contributed by atoms with Crippen molar-refractivity contribution in [2.75, 3.05) is 0 Å². The number of rotatable bonds is 2. The molecule has 0 saturated carbocycles. The van der Waals surface area contributed by atoms with E-state index in [0.29, 0.717) is 23.5 Å². The van der Waals surface area contributed by atoms with Gasteiger partial charge in [0.05, 0.1) is 17.4 Å². The monoisotopic (exact) mass is 464 g/mol. The number of nitrogens with zero attached hydrogens (tertiary/aromatic N) is 6. The zero-order valence-corrected chi connectivity index (χ0v) is 19.8. The number of pyridine rings is 1. The van der Waals surface area contributed by atoms with Crippen LogP contribution in [0, 0.1) is 12.8 Å². The van der Waals surface area contributed by atoms with Crippen molar-refractivity contribution in [1.82, 2.24) is 30.2 Å². The lowest BCUT2D eigenvalue weighted by molar-refractivity contribution is 0.172. The molecule has 174 valence electrons. The summed E-state index contributed by atoms with van der Waals surface area (Å²) in [4.78, 5) is 19.4. The molecule has 2 aliphatic carbocycles. The summed E-state index contributed by atoms with van der Waals surface area (Å²) in [5, 5.41) is 9.18. The van der Waals surface area contributed by atoms with E-state index in [-0.39, 0.29) is 11.3 Å². The van der Waals surface area contributed by atoms with Crippen LogP contribution in [0.3, 0.4) is 0 Å². The fourth-order valence-electron chi connectivity index (χ4n) is 6.34. The van der Waals surface area contributed by atoms with Crippen LogP contribution >= 0.6 is 0 Å². The zero-order valence-electron chi connectivity index (χ0n) is 19.8. The molecule has 0 radical (unpaired) electrons. The molecule has 4 aromatic heterocycles. The van der Waals surface area contributed by atoms with Crippen molar-refractivity contribution >= 4 is 10.9 Å². The van der Waals surface area contributed by atoms with Crippen LogP contribution in [-0.2, 0) is 18.3 Å². The molecular weight excluding hydrogens is 440 g/mol. The number of para-hydroxylation sites is 1. The van der Waals surface area contributed by atoms with E-state index in [0.717, 1.165) is 64.0 Å². The lowest BCUT2D eigenvalue weighted by Crippen LogP contribution is -2.45. The van der Waals surface area contributed by atoms with Gasteiger partial charge in [0, 0.05) is 39.6 Å². The van der Waals surface area contributed by atoms with Gasteiger partial charge in [0.1, 0.15) is 11.5 Å². The topological polar surface area (TPSA) is 104 Å². The molecule has 0 fully saturated rings. The van der Waals surface area contributed by atoms with Gasteiger partial charge in [-0.1, -0.05) is 42.4 Å². The Morgan fingerprint density at radius 2 is 1.94 bits per heavy atom. The highest BCUT2D eigenvalue weighted by Gasteiger charge is 2.50. The third-order valence-corrected chi connectivity index (χ3v) is 7.94. The summed E-state index contributed by atoms with van der Waals surface area (Å²) in [6.45, 7) is 6.40. The first-order chi connectivity index (χ1) is 17.0. The van der Waals surface area contributed by atoms with Crippen LogP contribution in [0.25, 0.3) is 33.9 Å². The SMILES string of the molecule is Cc1noc(-c2nc(-c3ccnc4ccccc34)nc3c2CC[C@@H]2[C@@H](C)c4oncc4C[C@@]32C)n1. The summed E-state index contributed by atoms with van der Waals surface area (Å²) in [5.41, 5.74) is 5.70. The first-order valence-electron chi connectivity index (χ1n) is 12.0. The van der Waals surface area contributed by atoms with E-state index in [1.54, 1.807) is 0 Å². The summed E-state index contributed by atoms with van der Waals surface area (Å²) in [6.07, 6.45) is 6.35. The first kappa shape index (κ1) is 20.4. The van der Waals surface area contributed by atoms with Crippen LogP contribution in [0.4, 0.5) is 0 Å². The molecule has 0 bridgehead atoms. The second-order valence-electron chi connectivity index (χ2n) is 9.99. The lowest BCUT2D eigenvalue weighted by atomic mass is 9.56. The fraction of sp³-hybridized carbons (Fsp3) is 0.333. The predicted molar refractivity (Wildman–Crippen MR) is 129 cm³/mol. The van der Waals surface area contributed by atoms with Gasteiger partial charge in [0.25, 0.3) is 5.89 Å². The van der Waals surface area contributed by atoms with E-state index in [4.69, 9.17) is 19.0 Å². The van der Waals surface area contributed by atoms with E-state index in [1.807, 2.05) is 43.6 Å². The maximum absolute atomic E-state index is 5.66. The third-order valence-electron chi connectivity index (χ3n) is 7.94. The van der Waals surface area contributed by atoms with E-state index >= 15 is 0 Å². The standard InChI is InChI=1S/C27H24N6O2/c1-14-20-9-8-19-22(26-30-15(2)33-35-26)31-25(18-10-11-28-21-7-5-4-6-17(18)21)32-24(19)27(20,3)12-16-13-29-34-23(14)16/h4-7,10-11,13-14,20H,8-9,12H2,1-3H3/t14-,20-,27-/m1/s1. The summed E-state index contributed by atoms with van der Waals surface area (Å²) in [7, 11) is 0. The maximum Gasteiger partial charge on any atom is 0.276 e. The van der Waals surface area contributed by atoms with Crippen LogP contribution < -0.4 is 0 Å². The Kier molecular flexibility index (Phi) is 4.25. The molecule has 0 aliphatic heterocycles. The quantitative estimate of drug-likeness (QED) is 0.350. The molecule has 4 heterocycles. The van der Waals surface area contributed by atoms with Crippen molar-refractivity contribution in [1.29, 1.82) is 0 Å². The van der Waals surface area contributed by atoms with E-state index in [1.165, 1.54) is 0 Å². The molecule has 5 aromatic rings. The molecule has 0 amide bonds. The highest BCUT2D eigenvalue weighted by Crippen LogP contribution is 2.54. The van der Waals surface area contributed by atoms with Gasteiger partial charge in [-0.05, 0) is 44.2 Å². The van der Waals surface area contributed by atoms with Crippen LogP contribution in [0.15, 0.2) is 51.8 Å². The summed E-state index contributed by atoms with van der Waals surface area (Å²) in [5.74, 6) is 3.33. The molecule has 1 aromatic carbocycles. The van der Waals surface area contributed by atoms with Crippen LogP contribution in [0.5, 0.6) is 0 Å². The Hall–Kier alpha value is -3.94. The molecule has 0 spiro atoms. The van der Waals surface area contributed by atoms with Crippen LogP contribution in [0.1, 0.15) is 54.6 Å². The third kappa shape index (κ3) is 2.92. The van der Waals surface area contributed by atoms with Gasteiger partial charge in [-0.15, -0.1) is 0 Å². The summed E-state index contributed by atoms with van der Waals surface area (Å²) in [6, 6.07) is 10.1. The number of hydrogen-bond donors (Lipinski definition) is 0. The molecule has 7 rings (SSSR count). The van der Waals surface area contributed by atoms with Crippen molar-refractivity contribution in [3.8, 4) is 23.0 Å². The van der Waals surface area contributed by atoms with Crippen LogP contribution in [0.2, 0.25) is 0 Å². The highest BCUT2D eigenvalue weighted by atomic mass is 16.5. The van der Waals surface area contributed by atoms with E-state index < -0.39 is 0 Å². The Bertz CT molecular complexity index is 1600. The lowest BCUT2D eigenvalue weighted by Gasteiger charge is -2.47. The van der Waals surface area contributed by atoms with Gasteiger partial charge in [0.2, 0.25) is 0 Å². The second kappa shape index (κ2) is 7.28. The summed E-state index contributed by atoms with van der Waals surface area (Å²) >= 11 is 0. The van der Waals surface area contributed by atoms with E-state index in [2.05, 4.69) is 40.2 Å². The van der Waals surface area contributed by atoms with Crippen molar-refractivity contribution in [2.45, 2.75) is 51.4 Å². The Labute approximate surface area is 201 Å². The fourth-order valence-corrected chi connectivity index (χ4v) is 6.34. The van der Waals surface area contributed by atoms with Gasteiger partial charge in [-0.25, -0.2) is 9.97 Å². The van der Waals surface area contributed by atoms with Gasteiger partial charge in [0.15, 0.2) is 11.6 Å². The predicted octanol–water partition coefficient (Wildman–Crippen LogP) is 5.22. The van der Waals surface area contributed by atoms with Gasteiger partial charge in [-0.2, -0.15) is 4.98 Å². The maximum atomic E-state index is 5.66. The molecule has 8 nitrogen and oxygen atoms in total. The number of fused-ring (bicyclic) bond motifs is 5. The number of benzene rings is 1. The van der Waals surface area contributed by atoms with Crippen LogP contribution in [-0.4, -0.2) is 30.2 Å². The number of aromatic nitrogens is 6. The zero-order chi connectivity index (χ0) is 23.7. The summed E-state index contributed by atoms with van der Waals surface area (Å²) < 4.78 is 11.3. The largest absolute Gasteiger partial charge is 0.361 e. The minimum atomic E-state index is -0.199. The molecule has 3 atom stereocenters. The second-order valence-corrected chi connectivity index (χ2v) is 9.99. The van der Waals surface area contributed by atoms with Crippen molar-refractivity contribution in [3.63, 3.8) is 0 Å². The average Bonchev–Trinajstić information content (AvgIpc) is 3.52. The van der Waals surface area contributed by atoms with Crippen molar-refractivity contribution in [2.24, 2.45) is 5.92 Å². The first-order valence-corrected chi connectivity index (χ1v) is 12.0. The molecule has 0 N–H and O–H groups in total. The minimum Gasteiger partial charge on any atom is -0.361 e. The van der Waals surface area contributed by atoms with Crippen molar-refractivity contribution in [3.05, 3.63) is 71.1 Å². The molecular formula is C27H24N6O2. The Morgan fingerprint density at radius 1 is 1.06 bits per heavy atom. The average molecular weight is 465 g/mol. The van der Waals surface area contributed by atoms with Gasteiger partial charge in [-0.3, -0.25) is 4.98 Å². The molecule has 2 aliphatic rings. The highest BCUT2D eigenvalue weighted by molar-refractivity contribution is 5.92. The molecule has 0 unspecified atom stereocenters. The van der Waals surface area contributed by atoms with Crippen molar-refractivity contribution < 1.29 is 9.05 Å².